The van der Waals surface area contributed by atoms with Crippen molar-refractivity contribution in [2.75, 3.05) is 5.32 Å². The minimum Gasteiger partial charge on any atom is -0.508 e. The molecule has 0 aliphatic rings. The zero-order chi connectivity index (χ0) is 21.2. The van der Waals surface area contributed by atoms with Crippen LogP contribution in [0.5, 0.6) is 5.75 Å². The normalized spacial score (nSPS) is 11.8. The van der Waals surface area contributed by atoms with Gasteiger partial charge in [-0.25, -0.2) is 10.3 Å². The summed E-state index contributed by atoms with van der Waals surface area (Å²) >= 11 is 6.69. The van der Waals surface area contributed by atoms with E-state index in [1.54, 1.807) is 42.5 Å². The molecule has 0 aliphatic carbocycles. The number of phenolic OH excluding ortho intramolecular Hbond substituents is 1. The number of anilines is 1. The zero-order valence-electron chi connectivity index (χ0n) is 15.3. The third kappa shape index (κ3) is 7.88. The molecule has 0 saturated carbocycles. The number of hydrogen-bond donors (Lipinski definition) is 4. The van der Waals surface area contributed by atoms with Crippen LogP contribution in [0.1, 0.15) is 30.9 Å². The van der Waals surface area contributed by atoms with Crippen LogP contribution in [-0.4, -0.2) is 22.3 Å². The molecule has 2 aromatic carbocycles. The van der Waals surface area contributed by atoms with Crippen LogP contribution in [0, 0.1) is 0 Å². The lowest BCUT2D eigenvalue weighted by Crippen LogP contribution is -2.18. The molecule has 4 N–H and O–H groups in total. The van der Waals surface area contributed by atoms with E-state index in [0.717, 1.165) is 8.95 Å². The van der Waals surface area contributed by atoms with Gasteiger partial charge < -0.3 is 9.84 Å². The van der Waals surface area contributed by atoms with Crippen molar-refractivity contribution < 1.29 is 24.6 Å². The number of carbonyl (C=O) groups excluding carboxylic acids is 2. The number of amides is 2. The van der Waals surface area contributed by atoms with E-state index in [0.29, 0.717) is 30.5 Å². The van der Waals surface area contributed by atoms with Crippen molar-refractivity contribution >= 4 is 49.5 Å². The predicted molar refractivity (Wildman–Crippen MR) is 116 cm³/mol. The van der Waals surface area contributed by atoms with Crippen LogP contribution in [-0.2, 0) is 9.53 Å². The molecule has 0 bridgehead atoms. The van der Waals surface area contributed by atoms with E-state index < -0.39 is 18.1 Å². The highest BCUT2D eigenvalue weighted by atomic mass is 79.9. The van der Waals surface area contributed by atoms with Crippen molar-refractivity contribution in [2.24, 2.45) is 0 Å². The summed E-state index contributed by atoms with van der Waals surface area (Å²) in [4.78, 5) is 23.3. The number of benzene rings is 2. The Balaban J connectivity index is 2.06. The molecule has 2 amide bonds. The minimum atomic E-state index is -0.692. The summed E-state index contributed by atoms with van der Waals surface area (Å²) in [6.45, 7) is 0. The van der Waals surface area contributed by atoms with Gasteiger partial charge in [0.2, 0.25) is 0 Å². The average Bonchev–Trinajstić information content (AvgIpc) is 2.70. The maximum Gasteiger partial charge on any atom is 0.412 e. The number of unbranched alkanes of at least 4 members (excludes halogenated alkanes) is 1. The van der Waals surface area contributed by atoms with E-state index in [1.807, 2.05) is 0 Å². The first-order valence-corrected chi connectivity index (χ1v) is 10.3. The van der Waals surface area contributed by atoms with Gasteiger partial charge in [0.1, 0.15) is 11.9 Å². The second-order valence-electron chi connectivity index (χ2n) is 6.04. The quantitative estimate of drug-likeness (QED) is 0.158. The first kappa shape index (κ1) is 22.9. The number of ether oxygens (including phenoxy) is 1. The van der Waals surface area contributed by atoms with Gasteiger partial charge in [-0.1, -0.05) is 37.9 Å². The molecular formula is C20H20Br2N2O5. The van der Waals surface area contributed by atoms with Gasteiger partial charge in [-0.05, 0) is 61.7 Å². The van der Waals surface area contributed by atoms with E-state index in [-0.39, 0.29) is 5.75 Å². The summed E-state index contributed by atoms with van der Waals surface area (Å²) in [5.41, 5.74) is 2.56. The maximum atomic E-state index is 12.4. The summed E-state index contributed by atoms with van der Waals surface area (Å²) in [7, 11) is 0. The SMILES string of the molecule is O=C(/C=C/CCC[C@H](OC(=O)Nc1ccc(Br)cc1)c1cc(Br)ccc1O)NO. The molecule has 0 aromatic heterocycles. The number of allylic oxidation sites excluding steroid dienone is 1. The Labute approximate surface area is 185 Å². The molecule has 1 atom stereocenters. The topological polar surface area (TPSA) is 108 Å². The van der Waals surface area contributed by atoms with Crippen molar-refractivity contribution in [3.8, 4) is 5.75 Å². The number of phenols is 1. The van der Waals surface area contributed by atoms with Crippen LogP contribution in [0.15, 0.2) is 63.6 Å². The average molecular weight is 528 g/mol. The zero-order valence-corrected chi connectivity index (χ0v) is 18.4. The summed E-state index contributed by atoms with van der Waals surface area (Å²) in [6.07, 6.45) is 3.00. The third-order valence-electron chi connectivity index (χ3n) is 3.89. The molecule has 0 heterocycles. The molecule has 0 radical (unpaired) electrons. The van der Waals surface area contributed by atoms with E-state index in [1.165, 1.54) is 17.6 Å². The van der Waals surface area contributed by atoms with Gasteiger partial charge in [0.25, 0.3) is 5.91 Å². The van der Waals surface area contributed by atoms with Gasteiger partial charge >= 0.3 is 6.09 Å². The molecule has 154 valence electrons. The molecule has 29 heavy (non-hydrogen) atoms. The molecule has 9 heteroatoms. The number of hydrogen-bond acceptors (Lipinski definition) is 5. The first-order valence-electron chi connectivity index (χ1n) is 8.71. The summed E-state index contributed by atoms with van der Waals surface area (Å²) in [5.74, 6) is -0.596. The second kappa shape index (κ2) is 11.6. The Kier molecular flexibility index (Phi) is 9.17. The predicted octanol–water partition coefficient (Wildman–Crippen LogP) is 5.44. The fourth-order valence-electron chi connectivity index (χ4n) is 2.52. The monoisotopic (exact) mass is 526 g/mol. The number of aromatic hydroxyl groups is 1. The first-order chi connectivity index (χ1) is 13.9. The van der Waals surface area contributed by atoms with Crippen LogP contribution in [0.4, 0.5) is 10.5 Å². The van der Waals surface area contributed by atoms with Gasteiger partial charge in [-0.15, -0.1) is 0 Å². The van der Waals surface area contributed by atoms with Crippen molar-refractivity contribution in [3.05, 3.63) is 69.1 Å². The van der Waals surface area contributed by atoms with Gasteiger partial charge in [0, 0.05) is 26.3 Å². The maximum absolute atomic E-state index is 12.4. The standard InChI is InChI=1S/C20H20Br2N2O5/c21-13-6-9-15(10-7-13)23-20(27)29-18(4-2-1-3-5-19(26)24-28)16-12-14(22)8-11-17(16)25/h3,5-12,18,25,28H,1-2,4H2,(H,23,27)(H,24,26)/b5-3+/t18-/m0/s1. The largest absolute Gasteiger partial charge is 0.508 e. The number of halogens is 2. The lowest BCUT2D eigenvalue weighted by molar-refractivity contribution is -0.124. The lowest BCUT2D eigenvalue weighted by atomic mass is 10.0. The van der Waals surface area contributed by atoms with Crippen molar-refractivity contribution in [1.29, 1.82) is 0 Å². The highest BCUT2D eigenvalue weighted by Crippen LogP contribution is 2.33. The summed E-state index contributed by atoms with van der Waals surface area (Å²) in [6, 6.07) is 12.0. The van der Waals surface area contributed by atoms with Gasteiger partial charge in [0.15, 0.2) is 0 Å². The van der Waals surface area contributed by atoms with Crippen LogP contribution < -0.4 is 10.8 Å². The fraction of sp³-hybridized carbons (Fsp3) is 0.200. The molecule has 2 rings (SSSR count). The summed E-state index contributed by atoms with van der Waals surface area (Å²) < 4.78 is 7.20. The van der Waals surface area contributed by atoms with E-state index >= 15 is 0 Å². The smallest absolute Gasteiger partial charge is 0.412 e. The Bertz CT molecular complexity index is 872. The minimum absolute atomic E-state index is 0.0184. The molecule has 0 unspecified atom stereocenters. The number of hydroxylamine groups is 1. The lowest BCUT2D eigenvalue weighted by Gasteiger charge is -2.20. The molecule has 0 aliphatic heterocycles. The van der Waals surface area contributed by atoms with Crippen LogP contribution >= 0.6 is 31.9 Å². The Morgan fingerprint density at radius 3 is 2.48 bits per heavy atom. The van der Waals surface area contributed by atoms with E-state index in [4.69, 9.17) is 9.94 Å². The molecule has 0 spiro atoms. The number of rotatable bonds is 8. The van der Waals surface area contributed by atoms with Crippen molar-refractivity contribution in [1.82, 2.24) is 5.48 Å². The van der Waals surface area contributed by atoms with Crippen LogP contribution in [0.3, 0.4) is 0 Å². The van der Waals surface area contributed by atoms with Crippen molar-refractivity contribution in [3.63, 3.8) is 0 Å². The molecular weight excluding hydrogens is 508 g/mol. The Morgan fingerprint density at radius 2 is 1.79 bits per heavy atom. The fourth-order valence-corrected chi connectivity index (χ4v) is 3.16. The highest BCUT2D eigenvalue weighted by Gasteiger charge is 2.20. The number of carbonyl (C=O) groups is 2. The highest BCUT2D eigenvalue weighted by molar-refractivity contribution is 9.10. The molecule has 2 aromatic rings. The van der Waals surface area contributed by atoms with Gasteiger partial charge in [0.05, 0.1) is 0 Å². The van der Waals surface area contributed by atoms with Crippen LogP contribution in [0.25, 0.3) is 0 Å². The van der Waals surface area contributed by atoms with Crippen LogP contribution in [0.2, 0.25) is 0 Å². The molecule has 0 saturated heterocycles. The number of nitrogens with one attached hydrogen (secondary N) is 2. The summed E-state index contributed by atoms with van der Waals surface area (Å²) in [5, 5.41) is 21.3. The van der Waals surface area contributed by atoms with Crippen molar-refractivity contribution in [2.45, 2.75) is 25.4 Å². The Morgan fingerprint density at radius 1 is 1.10 bits per heavy atom. The third-order valence-corrected chi connectivity index (χ3v) is 4.91. The van der Waals surface area contributed by atoms with E-state index in [2.05, 4.69) is 37.2 Å². The second-order valence-corrected chi connectivity index (χ2v) is 7.87. The molecule has 0 fully saturated rings. The Hall–Kier alpha value is -2.36. The van der Waals surface area contributed by atoms with E-state index in [9.17, 15) is 14.7 Å². The van der Waals surface area contributed by atoms with Gasteiger partial charge in [-0.2, -0.15) is 0 Å². The van der Waals surface area contributed by atoms with Gasteiger partial charge in [-0.3, -0.25) is 15.3 Å². The molecule has 7 nitrogen and oxygen atoms in total.